The van der Waals surface area contributed by atoms with Crippen LogP contribution >= 0.6 is 11.6 Å². The number of benzene rings is 2. The summed E-state index contributed by atoms with van der Waals surface area (Å²) in [4.78, 5) is 29.3. The average Bonchev–Trinajstić information content (AvgIpc) is 3.55. The van der Waals surface area contributed by atoms with E-state index in [2.05, 4.69) is 38.7 Å². The standard InChI is InChI=1S/C38H44ClN3O6S/c1-46-35-7-3-2-4-17-49(45,23-31(43)12-8-26-20-40-48-22-26)41-37(44)28-10-15-36-34(19-28)42(21-29-9-13-32(29)35)24-38(25-47-36)16-5-6-27-18-30(39)11-14-33(27)38/h3,7,10-11,14-15,18-20,22,29,32,35H,2,4-6,8-9,12-13,16-17,21,23-25H2,1H3/b7-3+/t29-,32+,35-,38-,49+/m0/s1. The lowest BCUT2D eigenvalue weighted by molar-refractivity contribution is -0.116. The van der Waals surface area contributed by atoms with Crippen molar-refractivity contribution in [3.05, 3.63) is 88.3 Å². The summed E-state index contributed by atoms with van der Waals surface area (Å²) in [6.07, 6.45) is 14.2. The van der Waals surface area contributed by atoms with Gasteiger partial charge in [0.1, 0.15) is 17.8 Å². The second-order valence-corrected chi connectivity index (χ2v) is 17.0. The van der Waals surface area contributed by atoms with Crippen LogP contribution in [0.15, 0.2) is 69.9 Å². The molecule has 11 heteroatoms. The van der Waals surface area contributed by atoms with Crippen molar-refractivity contribution in [1.29, 1.82) is 0 Å². The molecule has 1 amide bonds. The maximum Gasteiger partial charge on any atom is 0.285 e. The Hall–Kier alpha value is -3.47. The average molecular weight is 706 g/mol. The van der Waals surface area contributed by atoms with Crippen LogP contribution < -0.4 is 9.64 Å². The summed E-state index contributed by atoms with van der Waals surface area (Å²) >= 11 is 6.45. The van der Waals surface area contributed by atoms with Crippen molar-refractivity contribution < 1.29 is 27.8 Å². The van der Waals surface area contributed by atoms with Crippen LogP contribution in [0.1, 0.15) is 72.0 Å². The van der Waals surface area contributed by atoms with Crippen molar-refractivity contribution in [3.8, 4) is 5.75 Å². The molecule has 9 nitrogen and oxygen atoms in total. The number of Topliss-reactive ketones (excluding diaryl/α,β-unsaturated/α-hetero) is 1. The minimum atomic E-state index is -3.17. The highest BCUT2D eigenvalue weighted by Crippen LogP contribution is 2.47. The van der Waals surface area contributed by atoms with Crippen molar-refractivity contribution in [1.82, 2.24) is 5.16 Å². The number of ketones is 1. The first-order valence-corrected chi connectivity index (χ1v) is 19.6. The van der Waals surface area contributed by atoms with Gasteiger partial charge in [0, 0.05) is 53.9 Å². The van der Waals surface area contributed by atoms with Gasteiger partial charge in [0.25, 0.3) is 5.91 Å². The highest BCUT2D eigenvalue weighted by Gasteiger charge is 2.44. The number of hydrogen-bond acceptors (Lipinski definition) is 8. The number of methoxy groups -OCH3 is 1. The van der Waals surface area contributed by atoms with Gasteiger partial charge in [-0.3, -0.25) is 9.59 Å². The minimum Gasteiger partial charge on any atom is -0.490 e. The van der Waals surface area contributed by atoms with Crippen molar-refractivity contribution >= 4 is 38.7 Å². The number of ether oxygens (including phenoxy) is 2. The number of halogens is 1. The zero-order chi connectivity index (χ0) is 34.0. The molecule has 2 aliphatic heterocycles. The molecule has 3 heterocycles. The number of aryl methyl sites for hydroxylation is 2. The lowest BCUT2D eigenvalue weighted by Gasteiger charge is -2.46. The molecule has 2 bridgehead atoms. The fraction of sp³-hybridized carbons (Fsp3) is 0.500. The quantitative estimate of drug-likeness (QED) is 0.252. The fourth-order valence-electron chi connectivity index (χ4n) is 8.15. The molecule has 2 aromatic carbocycles. The van der Waals surface area contributed by atoms with Gasteiger partial charge in [-0.1, -0.05) is 35.0 Å². The van der Waals surface area contributed by atoms with E-state index in [1.54, 1.807) is 19.4 Å². The molecule has 49 heavy (non-hydrogen) atoms. The van der Waals surface area contributed by atoms with Gasteiger partial charge in [-0.15, -0.1) is 0 Å². The van der Waals surface area contributed by atoms with Gasteiger partial charge in [0.15, 0.2) is 0 Å². The number of rotatable bonds is 6. The number of carbonyl (C=O) groups excluding carboxylic acids is 2. The summed E-state index contributed by atoms with van der Waals surface area (Å²) in [5, 5.41) is 4.43. The molecule has 260 valence electrons. The lowest BCUT2D eigenvalue weighted by Crippen LogP contribution is -2.49. The first kappa shape index (κ1) is 34.0. The number of nitrogens with zero attached hydrogens (tertiary/aromatic N) is 3. The van der Waals surface area contributed by atoms with Crippen LogP contribution in [0.25, 0.3) is 0 Å². The van der Waals surface area contributed by atoms with Gasteiger partial charge in [-0.05, 0) is 105 Å². The molecule has 0 N–H and O–H groups in total. The molecule has 0 saturated heterocycles. The molecule has 1 saturated carbocycles. The van der Waals surface area contributed by atoms with Crippen LogP contribution in [0.5, 0.6) is 5.75 Å². The fourth-order valence-corrected chi connectivity index (χ4v) is 10.3. The summed E-state index contributed by atoms with van der Waals surface area (Å²) in [5.41, 5.74) is 4.29. The van der Waals surface area contributed by atoms with Gasteiger partial charge in [0.05, 0.1) is 40.1 Å². The molecule has 1 spiro atoms. The Morgan fingerprint density at radius 2 is 2.08 bits per heavy atom. The van der Waals surface area contributed by atoms with E-state index >= 15 is 0 Å². The van der Waals surface area contributed by atoms with Crippen molar-refractivity contribution in [2.24, 2.45) is 16.2 Å². The molecule has 2 aliphatic carbocycles. The molecule has 7 rings (SSSR count). The second kappa shape index (κ2) is 14.4. The third-order valence-corrected chi connectivity index (χ3v) is 13.3. The molecule has 4 aliphatic rings. The third kappa shape index (κ3) is 7.37. The van der Waals surface area contributed by atoms with E-state index in [1.807, 2.05) is 18.2 Å². The molecule has 0 unspecified atom stereocenters. The number of amides is 1. The Labute approximate surface area is 293 Å². The van der Waals surface area contributed by atoms with E-state index in [9.17, 15) is 13.8 Å². The summed E-state index contributed by atoms with van der Waals surface area (Å²) in [6.45, 7) is 2.05. The summed E-state index contributed by atoms with van der Waals surface area (Å²) in [7, 11) is -1.40. The van der Waals surface area contributed by atoms with E-state index in [0.29, 0.717) is 43.3 Å². The lowest BCUT2D eigenvalue weighted by atomic mass is 9.68. The number of aromatic nitrogens is 1. The first-order chi connectivity index (χ1) is 23.7. The molecular weight excluding hydrogens is 662 g/mol. The van der Waals surface area contributed by atoms with Crippen LogP contribution in [0.3, 0.4) is 0 Å². The largest absolute Gasteiger partial charge is 0.490 e. The molecule has 0 radical (unpaired) electrons. The van der Waals surface area contributed by atoms with E-state index in [-0.39, 0.29) is 35.2 Å². The van der Waals surface area contributed by atoms with Gasteiger partial charge in [-0.25, -0.2) is 4.21 Å². The predicted octanol–water partition coefficient (Wildman–Crippen LogP) is 7.00. The van der Waals surface area contributed by atoms with Gasteiger partial charge >= 0.3 is 0 Å². The molecule has 3 aromatic rings. The number of allylic oxidation sites excluding steroid dienone is 1. The van der Waals surface area contributed by atoms with Crippen LogP contribution in [0, 0.1) is 11.8 Å². The van der Waals surface area contributed by atoms with E-state index in [0.717, 1.165) is 67.2 Å². The summed E-state index contributed by atoms with van der Waals surface area (Å²) in [5.74, 6) is 0.596. The van der Waals surface area contributed by atoms with E-state index in [1.165, 1.54) is 17.4 Å². The van der Waals surface area contributed by atoms with Crippen LogP contribution in [0.2, 0.25) is 5.02 Å². The topological polar surface area (TPSA) is 111 Å². The Bertz CT molecular complexity index is 1850. The van der Waals surface area contributed by atoms with Crippen LogP contribution in [0.4, 0.5) is 5.69 Å². The van der Waals surface area contributed by atoms with Crippen LogP contribution in [-0.4, -0.2) is 65.5 Å². The zero-order valence-electron chi connectivity index (χ0n) is 28.0. The highest BCUT2D eigenvalue weighted by molar-refractivity contribution is 7.94. The van der Waals surface area contributed by atoms with Crippen LogP contribution in [-0.2, 0) is 37.5 Å². The van der Waals surface area contributed by atoms with Crippen molar-refractivity contribution in [3.63, 3.8) is 0 Å². The van der Waals surface area contributed by atoms with Crippen molar-refractivity contribution in [2.45, 2.75) is 69.3 Å². The first-order valence-electron chi connectivity index (χ1n) is 17.4. The summed E-state index contributed by atoms with van der Waals surface area (Å²) in [6, 6.07) is 11.7. The maximum absolute atomic E-state index is 14.3. The normalized spacial score (nSPS) is 29.1. The second-order valence-electron chi connectivity index (χ2n) is 14.1. The number of carbonyl (C=O) groups is 2. The van der Waals surface area contributed by atoms with Gasteiger partial charge in [0.2, 0.25) is 0 Å². The number of anilines is 1. The van der Waals surface area contributed by atoms with E-state index in [4.69, 9.17) is 25.6 Å². The summed E-state index contributed by atoms with van der Waals surface area (Å²) < 4.78 is 36.1. The predicted molar refractivity (Wildman–Crippen MR) is 190 cm³/mol. The monoisotopic (exact) mass is 705 g/mol. The highest BCUT2D eigenvalue weighted by atomic mass is 35.5. The van der Waals surface area contributed by atoms with Gasteiger partial charge in [-0.2, -0.15) is 4.36 Å². The number of fused-ring (bicyclic) bond motifs is 4. The Kier molecular flexibility index (Phi) is 10.00. The Balaban J connectivity index is 1.25. The maximum atomic E-state index is 14.3. The minimum absolute atomic E-state index is 0.0261. The molecule has 1 aromatic heterocycles. The SMILES string of the molecule is CO[C@H]1/C=C/CCC[S@@](=O)(CC(=O)CCc2cnoc2)=NC(=O)c2ccc3c(c2)N(C[C@@H]2CC[C@H]21)C[C@@]1(CCCc2cc(Cl)ccc21)CO3. The molecule has 5 atom stereocenters. The Morgan fingerprint density at radius 1 is 1.18 bits per heavy atom. The number of hydrogen-bond donors (Lipinski definition) is 0. The zero-order valence-corrected chi connectivity index (χ0v) is 29.6. The molecular formula is C38H44ClN3O6S. The van der Waals surface area contributed by atoms with E-state index < -0.39 is 15.6 Å². The van der Waals surface area contributed by atoms with Crippen molar-refractivity contribution in [2.75, 3.05) is 43.2 Å². The van der Waals surface area contributed by atoms with Gasteiger partial charge < -0.3 is 18.9 Å². The molecule has 1 fully saturated rings. The smallest absolute Gasteiger partial charge is 0.285 e. The third-order valence-electron chi connectivity index (χ3n) is 10.9. The Morgan fingerprint density at radius 3 is 2.88 bits per heavy atom.